The first-order valence-electron chi connectivity index (χ1n) is 14.5. The first kappa shape index (κ1) is 30.7. The number of ether oxygens (including phenoxy) is 2. The van der Waals surface area contributed by atoms with Crippen molar-refractivity contribution in [2.45, 2.75) is 73.0 Å². The number of nitrogens with zero attached hydrogens (tertiary/aromatic N) is 3. The van der Waals surface area contributed by atoms with E-state index in [0.29, 0.717) is 17.9 Å². The zero-order valence-electron chi connectivity index (χ0n) is 25.4. The number of carboxylic acid groups (broad SMARTS) is 1. The molecule has 1 atom stereocenters. The zero-order chi connectivity index (χ0) is 29.1. The third-order valence-electron chi connectivity index (χ3n) is 7.89. The Morgan fingerprint density at radius 3 is 2.25 bits per heavy atom. The highest BCUT2D eigenvalue weighted by molar-refractivity contribution is 7.99. The van der Waals surface area contributed by atoms with Crippen LogP contribution in [0.4, 0.5) is 5.69 Å². The average molecular weight is 570 g/mol. The molecule has 1 N–H and O–H groups in total. The number of hydrogen-bond acceptors (Lipinski definition) is 7. The molecule has 3 heterocycles. The van der Waals surface area contributed by atoms with E-state index in [1.54, 1.807) is 0 Å². The summed E-state index contributed by atoms with van der Waals surface area (Å²) in [5, 5.41) is 10.4. The number of aliphatic carboxylic acids is 1. The number of piperidine rings is 1. The van der Waals surface area contributed by atoms with Gasteiger partial charge < -0.3 is 19.5 Å². The second-order valence-electron chi connectivity index (χ2n) is 12.8. The van der Waals surface area contributed by atoms with E-state index in [1.807, 2.05) is 58.5 Å². The van der Waals surface area contributed by atoms with E-state index in [-0.39, 0.29) is 5.41 Å². The highest BCUT2D eigenvalue weighted by Gasteiger charge is 2.36. The van der Waals surface area contributed by atoms with Crippen molar-refractivity contribution in [1.82, 2.24) is 9.88 Å². The van der Waals surface area contributed by atoms with Crippen LogP contribution in [0.15, 0.2) is 24.3 Å². The first-order chi connectivity index (χ1) is 18.8. The van der Waals surface area contributed by atoms with Crippen molar-refractivity contribution < 1.29 is 19.4 Å². The molecule has 2 aliphatic rings. The predicted octanol–water partition coefficient (Wildman–Crippen LogP) is 6.36. The Hall–Kier alpha value is -2.29. The maximum absolute atomic E-state index is 12.7. The van der Waals surface area contributed by atoms with E-state index in [1.165, 1.54) is 11.5 Å². The third kappa shape index (κ3) is 7.71. The van der Waals surface area contributed by atoms with Gasteiger partial charge in [0.25, 0.3) is 0 Å². The molecule has 0 aliphatic carbocycles. The van der Waals surface area contributed by atoms with E-state index in [4.69, 9.17) is 14.5 Å². The number of thioether (sulfide) groups is 1. The normalized spacial score (nSPS) is 18.9. The number of aryl methyl sites for hydroxylation is 2. The molecule has 2 aromatic rings. The fourth-order valence-electron chi connectivity index (χ4n) is 5.59. The molecule has 40 heavy (non-hydrogen) atoms. The van der Waals surface area contributed by atoms with Gasteiger partial charge in [0.1, 0.15) is 12.4 Å². The lowest BCUT2D eigenvalue weighted by Gasteiger charge is -2.41. The molecule has 2 fully saturated rings. The van der Waals surface area contributed by atoms with E-state index in [9.17, 15) is 9.90 Å². The molecule has 8 heteroatoms. The average Bonchev–Trinajstić information content (AvgIpc) is 2.88. The minimum atomic E-state index is -1.12. The lowest BCUT2D eigenvalue weighted by Crippen LogP contribution is -2.39. The van der Waals surface area contributed by atoms with Gasteiger partial charge in [-0.3, -0.25) is 9.88 Å². The SMILES string of the molecule is Cc1nc(C)c(C(OC(C)(C)C)C(=O)O)c(N2CCC(C)(C)CC2)c1-c1ccc(OCCN2CCSCC2)cc1. The summed E-state index contributed by atoms with van der Waals surface area (Å²) in [4.78, 5) is 22.4. The van der Waals surface area contributed by atoms with Crippen LogP contribution in [0.5, 0.6) is 5.75 Å². The Bertz CT molecular complexity index is 1160. The van der Waals surface area contributed by atoms with Crippen LogP contribution < -0.4 is 9.64 Å². The van der Waals surface area contributed by atoms with Gasteiger partial charge in [-0.2, -0.15) is 11.8 Å². The van der Waals surface area contributed by atoms with Gasteiger partial charge in [-0.1, -0.05) is 26.0 Å². The van der Waals surface area contributed by atoms with E-state index in [2.05, 4.69) is 35.8 Å². The number of benzene rings is 1. The summed E-state index contributed by atoms with van der Waals surface area (Å²) in [5.74, 6) is 2.24. The molecule has 2 aliphatic heterocycles. The number of hydrogen-bond donors (Lipinski definition) is 1. The Morgan fingerprint density at radius 2 is 1.68 bits per heavy atom. The molecule has 7 nitrogen and oxygen atoms in total. The Balaban J connectivity index is 1.70. The largest absolute Gasteiger partial charge is 0.492 e. The summed E-state index contributed by atoms with van der Waals surface area (Å²) in [7, 11) is 0. The maximum atomic E-state index is 12.7. The van der Waals surface area contributed by atoms with Crippen LogP contribution in [0.3, 0.4) is 0 Å². The topological polar surface area (TPSA) is 75.1 Å². The molecule has 1 aromatic heterocycles. The highest BCUT2D eigenvalue weighted by Crippen LogP contribution is 2.45. The van der Waals surface area contributed by atoms with Crippen molar-refractivity contribution in [3.05, 3.63) is 41.2 Å². The zero-order valence-corrected chi connectivity index (χ0v) is 26.2. The third-order valence-corrected chi connectivity index (χ3v) is 8.84. The van der Waals surface area contributed by atoms with Gasteiger partial charge >= 0.3 is 5.97 Å². The second-order valence-corrected chi connectivity index (χ2v) is 14.1. The molecule has 0 amide bonds. The standard InChI is InChI=1S/C32H47N3O4S/c1-22-26(24-8-10-25(11-9-24)38-19-16-34-17-20-40-21-18-34)28(35-14-12-32(6,7)13-15-35)27(23(2)33-22)29(30(36)37)39-31(3,4)5/h8-11,29H,12-21H2,1-7H3,(H,36,37). The van der Waals surface area contributed by atoms with Gasteiger partial charge in [-0.25, -0.2) is 4.79 Å². The molecule has 1 unspecified atom stereocenters. The lowest BCUT2D eigenvalue weighted by atomic mass is 9.82. The van der Waals surface area contributed by atoms with Crippen molar-refractivity contribution in [2.24, 2.45) is 5.41 Å². The van der Waals surface area contributed by atoms with Gasteiger partial charge in [-0.15, -0.1) is 0 Å². The number of pyridine rings is 1. The van der Waals surface area contributed by atoms with Crippen LogP contribution in [0.1, 0.15) is 70.5 Å². The van der Waals surface area contributed by atoms with Crippen LogP contribution in [0.25, 0.3) is 11.1 Å². The van der Waals surface area contributed by atoms with Crippen LogP contribution >= 0.6 is 11.8 Å². The number of anilines is 1. The monoisotopic (exact) mass is 569 g/mol. The fourth-order valence-corrected chi connectivity index (χ4v) is 6.57. The maximum Gasteiger partial charge on any atom is 0.337 e. The fraction of sp³-hybridized carbons (Fsp3) is 0.625. The minimum Gasteiger partial charge on any atom is -0.492 e. The summed E-state index contributed by atoms with van der Waals surface area (Å²) in [6.07, 6.45) is 0.951. The molecule has 2 saturated heterocycles. The summed E-state index contributed by atoms with van der Waals surface area (Å²) < 4.78 is 12.3. The molecule has 0 saturated carbocycles. The Kier molecular flexibility index (Phi) is 9.74. The van der Waals surface area contributed by atoms with Crippen molar-refractivity contribution in [1.29, 1.82) is 0 Å². The highest BCUT2D eigenvalue weighted by atomic mass is 32.2. The molecular weight excluding hydrogens is 522 g/mol. The number of rotatable bonds is 9. The minimum absolute atomic E-state index is 0.258. The van der Waals surface area contributed by atoms with Crippen LogP contribution in [0.2, 0.25) is 0 Å². The molecule has 1 aromatic carbocycles. The smallest absolute Gasteiger partial charge is 0.337 e. The van der Waals surface area contributed by atoms with Crippen LogP contribution in [0, 0.1) is 19.3 Å². The van der Waals surface area contributed by atoms with Crippen LogP contribution in [-0.4, -0.2) is 77.4 Å². The van der Waals surface area contributed by atoms with Crippen molar-refractivity contribution in [3.63, 3.8) is 0 Å². The Morgan fingerprint density at radius 1 is 1.05 bits per heavy atom. The van der Waals surface area contributed by atoms with Crippen molar-refractivity contribution in [2.75, 3.05) is 55.7 Å². The summed E-state index contributed by atoms with van der Waals surface area (Å²) >= 11 is 2.02. The number of aromatic nitrogens is 1. The van der Waals surface area contributed by atoms with E-state index in [0.717, 1.165) is 73.8 Å². The van der Waals surface area contributed by atoms with Gasteiger partial charge in [0.05, 0.1) is 11.3 Å². The molecule has 0 bridgehead atoms. The quantitative estimate of drug-likeness (QED) is 0.374. The molecule has 4 rings (SSSR count). The Labute approximate surface area is 244 Å². The van der Waals surface area contributed by atoms with Gasteiger partial charge in [-0.05, 0) is 70.6 Å². The first-order valence-corrected chi connectivity index (χ1v) is 15.7. The van der Waals surface area contributed by atoms with E-state index >= 15 is 0 Å². The summed E-state index contributed by atoms with van der Waals surface area (Å²) in [5.41, 5.74) is 4.79. The van der Waals surface area contributed by atoms with Gasteiger partial charge in [0, 0.05) is 66.7 Å². The molecule has 0 radical (unpaired) electrons. The molecule has 220 valence electrons. The van der Waals surface area contributed by atoms with Gasteiger partial charge in [0.15, 0.2) is 6.10 Å². The number of carbonyl (C=O) groups is 1. The molecular formula is C32H47N3O4S. The summed E-state index contributed by atoms with van der Waals surface area (Å²) in [6.45, 7) is 19.8. The van der Waals surface area contributed by atoms with Gasteiger partial charge in [0.2, 0.25) is 0 Å². The summed E-state index contributed by atoms with van der Waals surface area (Å²) in [6, 6.07) is 8.19. The predicted molar refractivity (Wildman–Crippen MR) is 165 cm³/mol. The number of carboxylic acids is 1. The van der Waals surface area contributed by atoms with Crippen molar-refractivity contribution in [3.8, 4) is 16.9 Å². The van der Waals surface area contributed by atoms with Crippen molar-refractivity contribution >= 4 is 23.4 Å². The van der Waals surface area contributed by atoms with Crippen LogP contribution in [-0.2, 0) is 9.53 Å². The molecule has 0 spiro atoms. The van der Waals surface area contributed by atoms with E-state index < -0.39 is 17.7 Å². The lowest BCUT2D eigenvalue weighted by molar-refractivity contribution is -0.160. The second kappa shape index (κ2) is 12.7.